The number of methoxy groups -OCH3 is 1. The third-order valence-electron chi connectivity index (χ3n) is 2.29. The summed E-state index contributed by atoms with van der Waals surface area (Å²) in [5.74, 6) is 0. The van der Waals surface area contributed by atoms with Crippen molar-refractivity contribution in [3.8, 4) is 0 Å². The lowest BCUT2D eigenvalue weighted by Crippen LogP contribution is -2.07. The molecule has 0 spiro atoms. The van der Waals surface area contributed by atoms with Crippen molar-refractivity contribution in [2.75, 3.05) is 45.0 Å². The molecule has 5 heteroatoms. The molecule has 1 aromatic rings. The summed E-state index contributed by atoms with van der Waals surface area (Å²) in [6, 6.07) is 0. The summed E-state index contributed by atoms with van der Waals surface area (Å²) in [4.78, 5) is 4.11. The van der Waals surface area contributed by atoms with Crippen LogP contribution in [0.5, 0.6) is 0 Å². The van der Waals surface area contributed by atoms with E-state index in [2.05, 4.69) is 10.3 Å². The largest absolute Gasteiger partial charge is 0.397 e. The Bertz CT molecular complexity index is 318. The van der Waals surface area contributed by atoms with E-state index in [1.54, 1.807) is 19.5 Å². The van der Waals surface area contributed by atoms with Gasteiger partial charge in [-0.3, -0.25) is 4.98 Å². The van der Waals surface area contributed by atoms with E-state index in [0.717, 1.165) is 23.4 Å². The molecule has 0 bridgehead atoms. The van der Waals surface area contributed by atoms with Gasteiger partial charge in [0.25, 0.3) is 0 Å². The van der Waals surface area contributed by atoms with Gasteiger partial charge in [-0.15, -0.1) is 0 Å². The number of ether oxygens (including phenoxy) is 2. The Hall–Kier alpha value is -1.33. The van der Waals surface area contributed by atoms with Crippen LogP contribution in [0.3, 0.4) is 0 Å². The number of hydrogen-bond acceptors (Lipinski definition) is 5. The Kier molecular flexibility index (Phi) is 5.60. The topological polar surface area (TPSA) is 69.4 Å². The second-order valence-corrected chi connectivity index (χ2v) is 3.37. The normalized spacial score (nSPS) is 10.4. The molecule has 0 aromatic carbocycles. The lowest BCUT2D eigenvalue weighted by atomic mass is 10.1. The van der Waals surface area contributed by atoms with Crippen LogP contribution in [-0.2, 0) is 15.9 Å². The predicted octanol–water partition coefficient (Wildman–Crippen LogP) is 0.911. The van der Waals surface area contributed by atoms with Crippen molar-refractivity contribution in [2.24, 2.45) is 0 Å². The first-order valence-electron chi connectivity index (χ1n) is 5.26. The van der Waals surface area contributed by atoms with Gasteiger partial charge >= 0.3 is 0 Å². The number of anilines is 2. The molecule has 1 aromatic heterocycles. The third-order valence-corrected chi connectivity index (χ3v) is 2.29. The molecule has 0 saturated carbocycles. The Morgan fingerprint density at radius 3 is 2.81 bits per heavy atom. The van der Waals surface area contributed by atoms with E-state index in [0.29, 0.717) is 19.8 Å². The fourth-order valence-electron chi connectivity index (χ4n) is 1.34. The Morgan fingerprint density at radius 1 is 1.31 bits per heavy atom. The summed E-state index contributed by atoms with van der Waals surface area (Å²) < 4.78 is 10.3. The molecule has 90 valence electrons. The Labute approximate surface area is 96.0 Å². The van der Waals surface area contributed by atoms with Crippen LogP contribution in [0.25, 0.3) is 0 Å². The van der Waals surface area contributed by atoms with E-state index in [1.165, 1.54) is 0 Å². The quantitative estimate of drug-likeness (QED) is 0.675. The van der Waals surface area contributed by atoms with Crippen LogP contribution >= 0.6 is 0 Å². The average Bonchev–Trinajstić information content (AvgIpc) is 2.31. The smallest absolute Gasteiger partial charge is 0.0760 e. The number of nitrogens with one attached hydrogen (secondary N) is 1. The minimum absolute atomic E-state index is 0.607. The highest BCUT2D eigenvalue weighted by Crippen LogP contribution is 2.20. The average molecular weight is 225 g/mol. The van der Waals surface area contributed by atoms with E-state index < -0.39 is 0 Å². The maximum atomic E-state index is 5.95. The molecule has 0 radical (unpaired) electrons. The summed E-state index contributed by atoms with van der Waals surface area (Å²) in [6.45, 7) is 1.85. The van der Waals surface area contributed by atoms with Gasteiger partial charge in [0.2, 0.25) is 0 Å². The van der Waals surface area contributed by atoms with Crippen molar-refractivity contribution in [1.29, 1.82) is 0 Å². The first kappa shape index (κ1) is 12.7. The highest BCUT2D eigenvalue weighted by Gasteiger charge is 2.04. The second-order valence-electron chi connectivity index (χ2n) is 3.37. The highest BCUT2D eigenvalue weighted by atomic mass is 16.5. The minimum atomic E-state index is 0.607. The molecule has 0 atom stereocenters. The molecule has 0 saturated heterocycles. The molecule has 0 aliphatic carbocycles. The Balaban J connectivity index is 2.41. The molecule has 0 amide bonds. The third kappa shape index (κ3) is 3.67. The minimum Gasteiger partial charge on any atom is -0.397 e. The van der Waals surface area contributed by atoms with E-state index in [-0.39, 0.29) is 0 Å². The number of pyridine rings is 1. The molecule has 3 N–H and O–H groups in total. The van der Waals surface area contributed by atoms with E-state index in [1.807, 2.05) is 7.05 Å². The van der Waals surface area contributed by atoms with Crippen LogP contribution in [0.2, 0.25) is 0 Å². The van der Waals surface area contributed by atoms with Gasteiger partial charge in [0.05, 0.1) is 37.4 Å². The molecular weight excluding hydrogens is 206 g/mol. The van der Waals surface area contributed by atoms with Crippen LogP contribution in [0, 0.1) is 0 Å². The summed E-state index contributed by atoms with van der Waals surface area (Å²) >= 11 is 0. The van der Waals surface area contributed by atoms with Crippen LogP contribution in [0.15, 0.2) is 12.4 Å². The number of rotatable bonds is 7. The van der Waals surface area contributed by atoms with Crippen molar-refractivity contribution >= 4 is 11.4 Å². The molecule has 16 heavy (non-hydrogen) atoms. The summed E-state index contributed by atoms with van der Waals surface area (Å²) in [5.41, 5.74) is 8.56. The molecule has 1 heterocycles. The van der Waals surface area contributed by atoms with Crippen molar-refractivity contribution in [2.45, 2.75) is 6.42 Å². The summed E-state index contributed by atoms with van der Waals surface area (Å²) in [5, 5.41) is 3.00. The lowest BCUT2D eigenvalue weighted by molar-refractivity contribution is 0.0723. The number of aromatic nitrogens is 1. The van der Waals surface area contributed by atoms with Gasteiger partial charge in [-0.25, -0.2) is 0 Å². The number of nitrogens with zero attached hydrogens (tertiary/aromatic N) is 1. The van der Waals surface area contributed by atoms with Crippen LogP contribution in [0.4, 0.5) is 11.4 Å². The first-order valence-corrected chi connectivity index (χ1v) is 5.26. The van der Waals surface area contributed by atoms with Crippen LogP contribution in [0.1, 0.15) is 5.56 Å². The van der Waals surface area contributed by atoms with Gasteiger partial charge in [0.15, 0.2) is 0 Å². The Morgan fingerprint density at radius 2 is 2.12 bits per heavy atom. The van der Waals surface area contributed by atoms with Crippen molar-refractivity contribution in [1.82, 2.24) is 4.98 Å². The fraction of sp³-hybridized carbons (Fsp3) is 0.545. The number of nitrogens with two attached hydrogens (primary N) is 1. The highest BCUT2D eigenvalue weighted by molar-refractivity contribution is 5.68. The van der Waals surface area contributed by atoms with Gasteiger partial charge in [-0.05, 0) is 12.0 Å². The van der Waals surface area contributed by atoms with Gasteiger partial charge in [-0.1, -0.05) is 0 Å². The number of hydrogen-bond donors (Lipinski definition) is 2. The van der Waals surface area contributed by atoms with E-state index in [9.17, 15) is 0 Å². The fourth-order valence-corrected chi connectivity index (χ4v) is 1.34. The predicted molar refractivity (Wildman–Crippen MR) is 64.6 cm³/mol. The van der Waals surface area contributed by atoms with Crippen molar-refractivity contribution < 1.29 is 9.47 Å². The molecule has 5 nitrogen and oxygen atoms in total. The maximum Gasteiger partial charge on any atom is 0.0760 e. The van der Waals surface area contributed by atoms with Crippen LogP contribution in [-0.4, -0.2) is 39.0 Å². The van der Waals surface area contributed by atoms with Crippen molar-refractivity contribution in [3.05, 3.63) is 18.0 Å². The lowest BCUT2D eigenvalue weighted by Gasteiger charge is -2.09. The SMILES string of the molecule is CNc1cncc(CCOCCOC)c1N. The maximum absolute atomic E-state index is 5.95. The summed E-state index contributed by atoms with van der Waals surface area (Å²) in [7, 11) is 3.48. The van der Waals surface area contributed by atoms with Gasteiger partial charge < -0.3 is 20.5 Å². The van der Waals surface area contributed by atoms with E-state index in [4.69, 9.17) is 15.2 Å². The molecular formula is C11H19N3O2. The molecule has 0 aliphatic rings. The van der Waals surface area contributed by atoms with Crippen molar-refractivity contribution in [3.63, 3.8) is 0 Å². The first-order chi connectivity index (χ1) is 7.79. The molecule has 0 aliphatic heterocycles. The standard InChI is InChI=1S/C11H19N3O2/c1-13-10-8-14-7-9(11(10)12)3-4-16-6-5-15-2/h7-8,13H,3-6H2,1-2H3,(H2,12,14). The summed E-state index contributed by atoms with van der Waals surface area (Å²) in [6.07, 6.45) is 4.25. The van der Waals surface area contributed by atoms with Gasteiger partial charge in [-0.2, -0.15) is 0 Å². The van der Waals surface area contributed by atoms with E-state index >= 15 is 0 Å². The zero-order chi connectivity index (χ0) is 11.8. The van der Waals surface area contributed by atoms with Gasteiger partial charge in [0, 0.05) is 20.4 Å². The molecule has 0 fully saturated rings. The number of nitrogen functional groups attached to an aromatic ring is 1. The zero-order valence-electron chi connectivity index (χ0n) is 9.82. The zero-order valence-corrected chi connectivity index (χ0v) is 9.82. The van der Waals surface area contributed by atoms with Gasteiger partial charge in [0.1, 0.15) is 0 Å². The molecule has 0 unspecified atom stereocenters. The molecule has 1 rings (SSSR count). The monoisotopic (exact) mass is 225 g/mol. The van der Waals surface area contributed by atoms with Crippen LogP contribution < -0.4 is 11.1 Å². The second kappa shape index (κ2) is 7.03.